The number of fused-ring (bicyclic) bond motifs is 2. The summed E-state index contributed by atoms with van der Waals surface area (Å²) in [6, 6.07) is 6.03. The van der Waals surface area contributed by atoms with Crippen LogP contribution in [0.2, 0.25) is 0 Å². The number of H-pyrrole nitrogens is 1. The Morgan fingerprint density at radius 2 is 2.21 bits per heavy atom. The zero-order chi connectivity index (χ0) is 16.4. The largest absolute Gasteiger partial charge is 0.352 e. The highest BCUT2D eigenvalue weighted by molar-refractivity contribution is 7.16. The van der Waals surface area contributed by atoms with Crippen molar-refractivity contribution in [1.82, 2.24) is 20.5 Å². The molecule has 5 nitrogen and oxygen atoms in total. The van der Waals surface area contributed by atoms with Crippen LogP contribution in [-0.4, -0.2) is 21.1 Å². The lowest BCUT2D eigenvalue weighted by atomic mass is 9.94. The second-order valence-corrected chi connectivity index (χ2v) is 7.08. The molecule has 2 heterocycles. The topological polar surface area (TPSA) is 70.7 Å². The molecule has 0 saturated carbocycles. The summed E-state index contributed by atoms with van der Waals surface area (Å²) in [5.74, 6) is 0.0732. The first kappa shape index (κ1) is 15.3. The molecule has 1 aliphatic rings. The van der Waals surface area contributed by atoms with Gasteiger partial charge in [-0.1, -0.05) is 12.1 Å². The first-order valence-electron chi connectivity index (χ1n) is 8.44. The van der Waals surface area contributed by atoms with Crippen LogP contribution >= 0.6 is 11.3 Å². The molecule has 4 rings (SSSR count). The van der Waals surface area contributed by atoms with Crippen molar-refractivity contribution in [3.8, 4) is 0 Å². The fourth-order valence-corrected chi connectivity index (χ4v) is 4.16. The van der Waals surface area contributed by atoms with Crippen LogP contribution in [0.15, 0.2) is 23.7 Å². The van der Waals surface area contributed by atoms with E-state index >= 15 is 0 Å². The fourth-order valence-electron chi connectivity index (χ4n) is 3.35. The van der Waals surface area contributed by atoms with E-state index in [1.165, 1.54) is 24.1 Å². The molecule has 1 aliphatic carbocycles. The first-order valence-corrected chi connectivity index (χ1v) is 9.32. The van der Waals surface area contributed by atoms with Gasteiger partial charge in [0, 0.05) is 25.1 Å². The van der Waals surface area contributed by atoms with E-state index in [1.54, 1.807) is 11.3 Å². The second kappa shape index (κ2) is 6.73. The maximum atomic E-state index is 12.2. The van der Waals surface area contributed by atoms with Gasteiger partial charge in [0.1, 0.15) is 0 Å². The predicted molar refractivity (Wildman–Crippen MR) is 95.0 cm³/mol. The molecule has 1 aromatic carbocycles. The lowest BCUT2D eigenvalue weighted by Crippen LogP contribution is -2.23. The van der Waals surface area contributed by atoms with Crippen LogP contribution in [0.5, 0.6) is 0 Å². The lowest BCUT2D eigenvalue weighted by Gasteiger charge is -2.11. The van der Waals surface area contributed by atoms with E-state index < -0.39 is 0 Å². The van der Waals surface area contributed by atoms with Crippen molar-refractivity contribution >= 4 is 27.5 Å². The molecule has 2 N–H and O–H groups in total. The minimum atomic E-state index is 0.0732. The molecular formula is C18H20N4OS. The SMILES string of the molecule is O=C(CCc1n[nH]c2c1CCCC2)NCc1cccc2ncsc12. The lowest BCUT2D eigenvalue weighted by molar-refractivity contribution is -0.121. The van der Waals surface area contributed by atoms with Crippen LogP contribution in [0.4, 0.5) is 0 Å². The number of hydrogen-bond donors (Lipinski definition) is 2. The van der Waals surface area contributed by atoms with Crippen LogP contribution < -0.4 is 5.32 Å². The van der Waals surface area contributed by atoms with Gasteiger partial charge in [-0.25, -0.2) is 4.98 Å². The van der Waals surface area contributed by atoms with Gasteiger partial charge in [0.15, 0.2) is 0 Å². The second-order valence-electron chi connectivity index (χ2n) is 6.23. The van der Waals surface area contributed by atoms with Gasteiger partial charge in [-0.2, -0.15) is 5.10 Å². The van der Waals surface area contributed by atoms with Crippen molar-refractivity contribution in [3.05, 3.63) is 46.2 Å². The molecule has 1 amide bonds. The van der Waals surface area contributed by atoms with Gasteiger partial charge in [-0.3, -0.25) is 9.89 Å². The zero-order valence-corrected chi connectivity index (χ0v) is 14.3. The van der Waals surface area contributed by atoms with Crippen molar-refractivity contribution in [3.63, 3.8) is 0 Å². The van der Waals surface area contributed by atoms with Gasteiger partial charge in [-0.15, -0.1) is 11.3 Å². The number of rotatable bonds is 5. The molecule has 0 radical (unpaired) electrons. The number of aryl methyl sites for hydroxylation is 2. The predicted octanol–water partition coefficient (Wildman–Crippen LogP) is 3.15. The minimum absolute atomic E-state index is 0.0732. The van der Waals surface area contributed by atoms with Crippen LogP contribution in [0.25, 0.3) is 10.2 Å². The van der Waals surface area contributed by atoms with Crippen molar-refractivity contribution in [2.75, 3.05) is 0 Å². The van der Waals surface area contributed by atoms with E-state index in [0.717, 1.165) is 34.3 Å². The van der Waals surface area contributed by atoms with E-state index in [4.69, 9.17) is 0 Å². The van der Waals surface area contributed by atoms with Gasteiger partial charge < -0.3 is 5.32 Å². The van der Waals surface area contributed by atoms with Crippen LogP contribution in [-0.2, 0) is 30.6 Å². The van der Waals surface area contributed by atoms with Crippen molar-refractivity contribution < 1.29 is 4.79 Å². The highest BCUT2D eigenvalue weighted by Crippen LogP contribution is 2.23. The van der Waals surface area contributed by atoms with Gasteiger partial charge in [0.25, 0.3) is 0 Å². The zero-order valence-electron chi connectivity index (χ0n) is 13.5. The average molecular weight is 340 g/mol. The van der Waals surface area contributed by atoms with E-state index in [-0.39, 0.29) is 5.91 Å². The molecule has 0 atom stereocenters. The van der Waals surface area contributed by atoms with E-state index in [0.29, 0.717) is 19.4 Å². The molecule has 0 bridgehead atoms. The molecule has 2 aromatic heterocycles. The quantitative estimate of drug-likeness (QED) is 0.749. The molecule has 0 unspecified atom stereocenters. The summed E-state index contributed by atoms with van der Waals surface area (Å²) in [5, 5.41) is 10.6. The summed E-state index contributed by atoms with van der Waals surface area (Å²) >= 11 is 1.62. The summed E-state index contributed by atoms with van der Waals surface area (Å²) < 4.78 is 1.15. The molecule has 24 heavy (non-hydrogen) atoms. The molecule has 0 fully saturated rings. The van der Waals surface area contributed by atoms with Crippen molar-refractivity contribution in [2.45, 2.75) is 45.1 Å². The smallest absolute Gasteiger partial charge is 0.220 e. The number of aromatic amines is 1. The van der Waals surface area contributed by atoms with Gasteiger partial charge in [0.2, 0.25) is 5.91 Å². The number of aromatic nitrogens is 3. The first-order chi connectivity index (χ1) is 11.8. The average Bonchev–Trinajstić information content (AvgIpc) is 3.25. The Bertz CT molecular complexity index is 867. The number of hydrogen-bond acceptors (Lipinski definition) is 4. The van der Waals surface area contributed by atoms with E-state index in [1.807, 2.05) is 23.7 Å². The summed E-state index contributed by atoms with van der Waals surface area (Å²) in [5.41, 5.74) is 7.66. The molecule has 124 valence electrons. The normalized spacial score (nSPS) is 13.8. The Labute approximate surface area is 144 Å². The number of thiazole rings is 1. The summed E-state index contributed by atoms with van der Waals surface area (Å²) in [7, 11) is 0. The Morgan fingerprint density at radius 1 is 1.29 bits per heavy atom. The third kappa shape index (κ3) is 3.06. The number of nitrogens with zero attached hydrogens (tertiary/aromatic N) is 2. The summed E-state index contributed by atoms with van der Waals surface area (Å²) in [6.45, 7) is 0.553. The summed E-state index contributed by atoms with van der Waals surface area (Å²) in [6.07, 6.45) is 5.84. The van der Waals surface area contributed by atoms with Gasteiger partial charge >= 0.3 is 0 Å². The molecule has 0 aliphatic heterocycles. The van der Waals surface area contributed by atoms with Gasteiger partial charge in [-0.05, 0) is 42.9 Å². The number of carbonyl (C=O) groups is 1. The summed E-state index contributed by atoms with van der Waals surface area (Å²) in [4.78, 5) is 16.5. The van der Waals surface area contributed by atoms with E-state index in [2.05, 4.69) is 20.5 Å². The molecule has 0 spiro atoms. The highest BCUT2D eigenvalue weighted by Gasteiger charge is 2.17. The minimum Gasteiger partial charge on any atom is -0.352 e. The standard InChI is InChI=1S/C18H20N4OS/c23-17(9-8-15-13-5-1-2-6-14(13)21-22-15)19-10-12-4-3-7-16-18(12)24-11-20-16/h3-4,7,11H,1-2,5-6,8-10H2,(H,19,23)(H,21,22). The molecule has 0 saturated heterocycles. The maximum absolute atomic E-state index is 12.2. The molecule has 3 aromatic rings. The Hall–Kier alpha value is -2.21. The van der Waals surface area contributed by atoms with E-state index in [9.17, 15) is 4.79 Å². The third-order valence-corrected chi connectivity index (χ3v) is 5.56. The molecule has 6 heteroatoms. The maximum Gasteiger partial charge on any atom is 0.220 e. The van der Waals surface area contributed by atoms with Crippen molar-refractivity contribution in [2.24, 2.45) is 0 Å². The van der Waals surface area contributed by atoms with Crippen molar-refractivity contribution in [1.29, 1.82) is 0 Å². The molecular weight excluding hydrogens is 320 g/mol. The Balaban J connectivity index is 1.34. The van der Waals surface area contributed by atoms with Crippen LogP contribution in [0.1, 0.15) is 41.8 Å². The van der Waals surface area contributed by atoms with Gasteiger partial charge in [0.05, 0.1) is 21.4 Å². The number of amides is 1. The third-order valence-electron chi connectivity index (χ3n) is 4.65. The number of benzene rings is 1. The Morgan fingerprint density at radius 3 is 3.17 bits per heavy atom. The fraction of sp³-hybridized carbons (Fsp3) is 0.389. The number of carbonyl (C=O) groups excluding carboxylic acids is 1. The van der Waals surface area contributed by atoms with Crippen LogP contribution in [0, 0.1) is 0 Å². The Kier molecular flexibility index (Phi) is 4.30. The monoisotopic (exact) mass is 340 g/mol. The number of nitrogens with one attached hydrogen (secondary N) is 2. The highest BCUT2D eigenvalue weighted by atomic mass is 32.1. The van der Waals surface area contributed by atoms with Crippen LogP contribution in [0.3, 0.4) is 0 Å².